The van der Waals surface area contributed by atoms with Crippen molar-refractivity contribution in [2.75, 3.05) is 39.6 Å². The first-order chi connectivity index (χ1) is 10.7. The summed E-state index contributed by atoms with van der Waals surface area (Å²) in [7, 11) is 0. The smallest absolute Gasteiger partial charge is 0.273 e. The summed E-state index contributed by atoms with van der Waals surface area (Å²) in [5, 5.41) is 0. The Balaban J connectivity index is 1.76. The number of hydrogen-bond donors (Lipinski definition) is 0. The number of hydrogen-bond acceptors (Lipinski definition) is 5. The highest BCUT2D eigenvalue weighted by molar-refractivity contribution is 5.93. The second kappa shape index (κ2) is 6.73. The van der Waals surface area contributed by atoms with Crippen molar-refractivity contribution in [3.05, 3.63) is 30.1 Å². The Morgan fingerprint density at radius 3 is 3.18 bits per heavy atom. The lowest BCUT2D eigenvalue weighted by Crippen LogP contribution is -2.60. The van der Waals surface area contributed by atoms with Gasteiger partial charge in [0.2, 0.25) is 0 Å². The molecular weight excluding hydrogens is 284 g/mol. The Morgan fingerprint density at radius 1 is 1.50 bits per heavy atom. The van der Waals surface area contributed by atoms with Crippen LogP contribution in [0.4, 0.5) is 0 Å². The topological polar surface area (TPSA) is 60.9 Å². The number of amides is 1. The highest BCUT2D eigenvalue weighted by Gasteiger charge is 2.49. The van der Waals surface area contributed by atoms with E-state index in [0.29, 0.717) is 45.3 Å². The fourth-order valence-corrected chi connectivity index (χ4v) is 3.14. The van der Waals surface area contributed by atoms with E-state index >= 15 is 0 Å². The van der Waals surface area contributed by atoms with E-state index in [2.05, 4.69) is 4.98 Å². The molecule has 0 saturated carbocycles. The number of ether oxygens (including phenoxy) is 3. The maximum atomic E-state index is 12.8. The number of carbonyl (C=O) groups excluding carboxylic acids is 1. The van der Waals surface area contributed by atoms with Crippen molar-refractivity contribution in [3.63, 3.8) is 0 Å². The first kappa shape index (κ1) is 15.4. The molecule has 0 aliphatic carbocycles. The Bertz CT molecular complexity index is 510. The molecule has 1 spiro atoms. The van der Waals surface area contributed by atoms with Gasteiger partial charge in [0.1, 0.15) is 5.69 Å². The maximum Gasteiger partial charge on any atom is 0.273 e. The van der Waals surface area contributed by atoms with E-state index in [1.54, 1.807) is 12.3 Å². The number of pyridine rings is 1. The lowest BCUT2D eigenvalue weighted by molar-refractivity contribution is -0.0561. The fourth-order valence-electron chi connectivity index (χ4n) is 3.14. The van der Waals surface area contributed by atoms with Crippen LogP contribution in [0.3, 0.4) is 0 Å². The summed E-state index contributed by atoms with van der Waals surface area (Å²) >= 11 is 0. The van der Waals surface area contributed by atoms with Gasteiger partial charge in [0.15, 0.2) is 0 Å². The molecule has 6 heteroatoms. The van der Waals surface area contributed by atoms with Crippen molar-refractivity contribution >= 4 is 5.91 Å². The lowest BCUT2D eigenvalue weighted by atomic mass is 9.92. The van der Waals surface area contributed by atoms with Crippen molar-refractivity contribution in [2.24, 2.45) is 0 Å². The molecule has 0 N–H and O–H groups in total. The van der Waals surface area contributed by atoms with Crippen LogP contribution in [0.1, 0.15) is 23.8 Å². The molecule has 6 nitrogen and oxygen atoms in total. The highest BCUT2D eigenvalue weighted by Crippen LogP contribution is 2.34. The normalized spacial score (nSPS) is 28.2. The second-order valence-electron chi connectivity index (χ2n) is 5.75. The molecule has 22 heavy (non-hydrogen) atoms. The quantitative estimate of drug-likeness (QED) is 0.834. The summed E-state index contributed by atoms with van der Waals surface area (Å²) in [5.74, 6) is -0.0513. The molecule has 0 aromatic carbocycles. The highest BCUT2D eigenvalue weighted by atomic mass is 16.5. The molecule has 3 heterocycles. The van der Waals surface area contributed by atoms with Crippen LogP contribution >= 0.6 is 0 Å². The van der Waals surface area contributed by atoms with E-state index in [9.17, 15) is 4.79 Å². The molecule has 2 aliphatic rings. The Morgan fingerprint density at radius 2 is 2.41 bits per heavy atom. The largest absolute Gasteiger partial charge is 0.379 e. The van der Waals surface area contributed by atoms with Crippen molar-refractivity contribution in [2.45, 2.75) is 25.0 Å². The van der Waals surface area contributed by atoms with Gasteiger partial charge in [-0.25, -0.2) is 0 Å². The van der Waals surface area contributed by atoms with Crippen molar-refractivity contribution in [3.8, 4) is 0 Å². The molecule has 2 saturated heterocycles. The second-order valence-corrected chi connectivity index (χ2v) is 5.75. The zero-order valence-corrected chi connectivity index (χ0v) is 12.9. The predicted octanol–water partition coefficient (Wildman–Crippen LogP) is 1.12. The van der Waals surface area contributed by atoms with E-state index in [1.165, 1.54) is 0 Å². The molecule has 2 aliphatic heterocycles. The predicted molar refractivity (Wildman–Crippen MR) is 79.7 cm³/mol. The Labute approximate surface area is 130 Å². The van der Waals surface area contributed by atoms with Crippen LogP contribution in [-0.4, -0.2) is 67.0 Å². The fraction of sp³-hybridized carbons (Fsp3) is 0.625. The van der Waals surface area contributed by atoms with Crippen LogP contribution < -0.4 is 0 Å². The minimum Gasteiger partial charge on any atom is -0.379 e. The van der Waals surface area contributed by atoms with Crippen LogP contribution in [0.15, 0.2) is 24.4 Å². The van der Waals surface area contributed by atoms with E-state index in [0.717, 1.165) is 6.42 Å². The third-order valence-corrected chi connectivity index (χ3v) is 4.23. The molecule has 0 radical (unpaired) electrons. The van der Waals surface area contributed by atoms with Gasteiger partial charge in [-0.2, -0.15) is 0 Å². The number of rotatable bonds is 4. The monoisotopic (exact) mass is 306 g/mol. The summed E-state index contributed by atoms with van der Waals surface area (Å²) in [6.07, 6.45) is 2.40. The molecule has 1 aromatic heterocycles. The average Bonchev–Trinajstić information content (AvgIpc) is 2.97. The van der Waals surface area contributed by atoms with Crippen LogP contribution in [0.25, 0.3) is 0 Å². The third kappa shape index (κ3) is 2.99. The minimum absolute atomic E-state index is 0.0145. The van der Waals surface area contributed by atoms with E-state index < -0.39 is 5.54 Å². The van der Waals surface area contributed by atoms with E-state index in [1.807, 2.05) is 24.0 Å². The van der Waals surface area contributed by atoms with Crippen molar-refractivity contribution in [1.29, 1.82) is 0 Å². The number of nitrogens with zero attached hydrogens (tertiary/aromatic N) is 2. The number of aromatic nitrogens is 1. The lowest BCUT2D eigenvalue weighted by Gasteiger charge is -2.43. The number of carbonyl (C=O) groups is 1. The molecule has 0 bridgehead atoms. The van der Waals surface area contributed by atoms with Crippen LogP contribution in [0.2, 0.25) is 0 Å². The average molecular weight is 306 g/mol. The van der Waals surface area contributed by atoms with Gasteiger partial charge in [0, 0.05) is 25.8 Å². The van der Waals surface area contributed by atoms with Crippen molar-refractivity contribution in [1.82, 2.24) is 9.88 Å². The number of morpholine rings is 1. The molecule has 120 valence electrons. The van der Waals surface area contributed by atoms with E-state index in [4.69, 9.17) is 14.2 Å². The molecule has 2 unspecified atom stereocenters. The van der Waals surface area contributed by atoms with Gasteiger partial charge in [0.05, 0.1) is 38.1 Å². The summed E-state index contributed by atoms with van der Waals surface area (Å²) in [4.78, 5) is 18.9. The van der Waals surface area contributed by atoms with Gasteiger partial charge in [-0.15, -0.1) is 0 Å². The van der Waals surface area contributed by atoms with Crippen molar-refractivity contribution < 1.29 is 19.0 Å². The van der Waals surface area contributed by atoms with Gasteiger partial charge < -0.3 is 19.1 Å². The van der Waals surface area contributed by atoms with Gasteiger partial charge in [-0.1, -0.05) is 6.07 Å². The van der Waals surface area contributed by atoms with Crippen LogP contribution in [0.5, 0.6) is 0 Å². The zero-order chi connectivity index (χ0) is 15.4. The molecule has 2 fully saturated rings. The van der Waals surface area contributed by atoms with Crippen LogP contribution in [-0.2, 0) is 14.2 Å². The van der Waals surface area contributed by atoms with Gasteiger partial charge >= 0.3 is 0 Å². The molecule has 1 aromatic rings. The standard InChI is InChI=1S/C16H22N2O4/c1-2-20-10-13-9-16(12-22-13)11-21-8-7-18(16)15(19)14-5-3-4-6-17-14/h3-6,13H,2,7-12H2,1H3. The van der Waals surface area contributed by atoms with Gasteiger partial charge in [-0.05, 0) is 19.1 Å². The minimum atomic E-state index is -0.394. The van der Waals surface area contributed by atoms with Gasteiger partial charge in [0.25, 0.3) is 5.91 Å². The Kier molecular flexibility index (Phi) is 4.71. The summed E-state index contributed by atoms with van der Waals surface area (Å²) in [6.45, 7) is 5.31. The first-order valence-corrected chi connectivity index (χ1v) is 7.75. The summed E-state index contributed by atoms with van der Waals surface area (Å²) < 4.78 is 16.9. The molecule has 2 atom stereocenters. The molecule has 1 amide bonds. The van der Waals surface area contributed by atoms with E-state index in [-0.39, 0.29) is 12.0 Å². The molecular formula is C16H22N2O4. The first-order valence-electron chi connectivity index (χ1n) is 7.75. The molecule has 3 rings (SSSR count). The zero-order valence-electron chi connectivity index (χ0n) is 12.9. The summed E-state index contributed by atoms with van der Waals surface area (Å²) in [6, 6.07) is 5.39. The maximum absolute atomic E-state index is 12.8. The third-order valence-electron chi connectivity index (χ3n) is 4.23. The Hall–Kier alpha value is -1.50. The SMILES string of the molecule is CCOCC1CC2(COCCN2C(=O)c2ccccn2)CO1. The van der Waals surface area contributed by atoms with Gasteiger partial charge in [-0.3, -0.25) is 9.78 Å². The summed E-state index contributed by atoms with van der Waals surface area (Å²) in [5.41, 5.74) is 0.0753. The van der Waals surface area contributed by atoms with Crippen LogP contribution in [0, 0.1) is 0 Å².